The smallest absolute Gasteiger partial charge is 0.394 e. The van der Waals surface area contributed by atoms with Crippen molar-refractivity contribution in [2.75, 3.05) is 13.2 Å². The Balaban J connectivity index is 2.02. The summed E-state index contributed by atoms with van der Waals surface area (Å²) in [5.41, 5.74) is 1.23. The third-order valence-electron chi connectivity index (χ3n) is 3.59. The van der Waals surface area contributed by atoms with E-state index in [1.807, 2.05) is 0 Å². The number of carbonyl (C=O) groups excluding carboxylic acids is 1. The fourth-order valence-corrected chi connectivity index (χ4v) is 2.73. The second kappa shape index (κ2) is 6.80. The first-order valence-corrected chi connectivity index (χ1v) is 7.62. The average Bonchev–Trinajstić information content (AvgIpc) is 2.59. The Bertz CT molecular complexity index is 792. The Morgan fingerprint density at radius 3 is 2.50 bits per heavy atom. The molecule has 2 N–H and O–H groups in total. The lowest BCUT2D eigenvalue weighted by Gasteiger charge is -2.23. The fraction of sp³-hybridized carbons (Fsp3) is 0.176. The molecule has 1 heterocycles. The van der Waals surface area contributed by atoms with Crippen molar-refractivity contribution in [2.24, 2.45) is 0 Å². The molecular formula is C17H14ClNO5. The predicted molar refractivity (Wildman–Crippen MR) is 86.5 cm³/mol. The molecule has 0 bridgehead atoms. The van der Waals surface area contributed by atoms with Crippen LogP contribution in [-0.4, -0.2) is 30.2 Å². The molecule has 24 heavy (non-hydrogen) atoms. The Hall–Kier alpha value is -2.73. The number of hydrogen-bond donors (Lipinski definition) is 2. The minimum absolute atomic E-state index is 0.420. The van der Waals surface area contributed by atoms with E-state index in [9.17, 15) is 9.59 Å². The van der Waals surface area contributed by atoms with Gasteiger partial charge in [0.05, 0.1) is 6.04 Å². The highest BCUT2D eigenvalue weighted by Crippen LogP contribution is 2.35. The molecule has 1 aliphatic heterocycles. The van der Waals surface area contributed by atoms with Gasteiger partial charge in [-0.2, -0.15) is 0 Å². The molecule has 3 rings (SSSR count). The summed E-state index contributed by atoms with van der Waals surface area (Å²) in [7, 11) is 0. The van der Waals surface area contributed by atoms with E-state index in [1.165, 1.54) is 0 Å². The van der Waals surface area contributed by atoms with Crippen molar-refractivity contribution in [2.45, 2.75) is 6.04 Å². The quantitative estimate of drug-likeness (QED) is 0.833. The van der Waals surface area contributed by atoms with E-state index in [4.69, 9.17) is 26.2 Å². The highest BCUT2D eigenvalue weighted by atomic mass is 35.5. The Morgan fingerprint density at radius 2 is 1.79 bits per heavy atom. The van der Waals surface area contributed by atoms with Crippen LogP contribution in [0.25, 0.3) is 0 Å². The van der Waals surface area contributed by atoms with Crippen LogP contribution >= 0.6 is 11.6 Å². The molecule has 6 nitrogen and oxygen atoms in total. The van der Waals surface area contributed by atoms with Crippen molar-refractivity contribution in [3.05, 3.63) is 58.6 Å². The Labute approximate surface area is 143 Å². The molecule has 7 heteroatoms. The van der Waals surface area contributed by atoms with Gasteiger partial charge < -0.3 is 19.9 Å². The summed E-state index contributed by atoms with van der Waals surface area (Å²) in [6.45, 7) is 0.894. The first-order valence-electron chi connectivity index (χ1n) is 7.24. The van der Waals surface area contributed by atoms with Crippen molar-refractivity contribution >= 4 is 23.5 Å². The normalized spacial score (nSPS) is 13.9. The van der Waals surface area contributed by atoms with Crippen molar-refractivity contribution in [1.82, 2.24) is 5.32 Å². The molecular weight excluding hydrogens is 334 g/mol. The third-order valence-corrected chi connectivity index (χ3v) is 3.93. The molecule has 2 aromatic carbocycles. The number of carboxylic acids is 1. The lowest BCUT2D eigenvalue weighted by Crippen LogP contribution is -2.34. The largest absolute Gasteiger partial charge is 0.486 e. The van der Waals surface area contributed by atoms with Gasteiger partial charge in [0.1, 0.15) is 13.2 Å². The van der Waals surface area contributed by atoms with E-state index in [0.717, 1.165) is 0 Å². The van der Waals surface area contributed by atoms with Crippen LogP contribution in [0.4, 0.5) is 0 Å². The first-order chi connectivity index (χ1) is 11.6. The number of carboxylic acid groups (broad SMARTS) is 1. The number of hydrogen-bond acceptors (Lipinski definition) is 4. The van der Waals surface area contributed by atoms with Crippen molar-refractivity contribution in [3.63, 3.8) is 0 Å². The van der Waals surface area contributed by atoms with E-state index < -0.39 is 17.9 Å². The lowest BCUT2D eigenvalue weighted by atomic mass is 9.98. The van der Waals surface area contributed by atoms with Gasteiger partial charge in [0.15, 0.2) is 11.5 Å². The van der Waals surface area contributed by atoms with Crippen LogP contribution in [-0.2, 0) is 9.59 Å². The molecule has 1 amide bonds. The van der Waals surface area contributed by atoms with Gasteiger partial charge in [-0.3, -0.25) is 4.79 Å². The maximum Gasteiger partial charge on any atom is 0.394 e. The van der Waals surface area contributed by atoms with Crippen LogP contribution in [0.3, 0.4) is 0 Å². The minimum atomic E-state index is -1.57. The summed E-state index contributed by atoms with van der Waals surface area (Å²) in [4.78, 5) is 22.6. The van der Waals surface area contributed by atoms with Crippen molar-refractivity contribution in [3.8, 4) is 11.5 Å². The summed E-state index contributed by atoms with van der Waals surface area (Å²) in [6, 6.07) is 11.4. The highest BCUT2D eigenvalue weighted by Gasteiger charge is 2.24. The molecule has 0 fully saturated rings. The number of amides is 1. The SMILES string of the molecule is O=C(O)C(=O)NC(c1ccc2c(c1)OCCO2)c1ccccc1Cl. The molecule has 1 atom stereocenters. The van der Waals surface area contributed by atoms with E-state index in [0.29, 0.717) is 40.9 Å². The molecule has 0 radical (unpaired) electrons. The van der Waals surface area contributed by atoms with Gasteiger partial charge >= 0.3 is 11.9 Å². The molecule has 0 spiro atoms. The summed E-state index contributed by atoms with van der Waals surface area (Å²) in [6.07, 6.45) is 0. The van der Waals surface area contributed by atoms with Crippen LogP contribution in [0.1, 0.15) is 17.2 Å². The van der Waals surface area contributed by atoms with Crippen molar-refractivity contribution < 1.29 is 24.2 Å². The second-order valence-electron chi connectivity index (χ2n) is 5.14. The van der Waals surface area contributed by atoms with Gasteiger partial charge in [0, 0.05) is 5.02 Å². The number of halogens is 1. The van der Waals surface area contributed by atoms with Crippen LogP contribution in [0.2, 0.25) is 5.02 Å². The van der Waals surface area contributed by atoms with Gasteiger partial charge in [0.2, 0.25) is 0 Å². The third kappa shape index (κ3) is 3.28. The zero-order chi connectivity index (χ0) is 17.1. The van der Waals surface area contributed by atoms with Gasteiger partial charge in [-0.05, 0) is 29.3 Å². The van der Waals surface area contributed by atoms with Crippen molar-refractivity contribution in [1.29, 1.82) is 0 Å². The number of carbonyl (C=O) groups is 2. The number of fused-ring (bicyclic) bond motifs is 1. The number of rotatable bonds is 3. The minimum Gasteiger partial charge on any atom is -0.486 e. The van der Waals surface area contributed by atoms with E-state index in [2.05, 4.69) is 5.32 Å². The second-order valence-corrected chi connectivity index (χ2v) is 5.54. The number of benzene rings is 2. The Kier molecular flexibility index (Phi) is 4.57. The molecule has 1 aliphatic rings. The standard InChI is InChI=1S/C17H14ClNO5/c18-12-4-2-1-3-11(12)15(19-16(20)17(21)22)10-5-6-13-14(9-10)24-8-7-23-13/h1-6,9,15H,7-8H2,(H,19,20)(H,21,22). The molecule has 1 unspecified atom stereocenters. The van der Waals surface area contributed by atoms with E-state index in [1.54, 1.807) is 42.5 Å². The molecule has 2 aromatic rings. The van der Waals surface area contributed by atoms with Crippen LogP contribution < -0.4 is 14.8 Å². The first kappa shape index (κ1) is 16.1. The highest BCUT2D eigenvalue weighted by molar-refractivity contribution is 6.32. The van der Waals surface area contributed by atoms with Gasteiger partial charge in [-0.25, -0.2) is 4.79 Å². The number of ether oxygens (including phenoxy) is 2. The Morgan fingerprint density at radius 1 is 1.08 bits per heavy atom. The lowest BCUT2D eigenvalue weighted by molar-refractivity contribution is -0.150. The van der Waals surface area contributed by atoms with Gasteiger partial charge in [0.25, 0.3) is 0 Å². The summed E-state index contributed by atoms with van der Waals surface area (Å²) in [5.74, 6) is -1.53. The van der Waals surface area contributed by atoms with Crippen LogP contribution in [0.15, 0.2) is 42.5 Å². The number of aliphatic carboxylic acids is 1. The average molecular weight is 348 g/mol. The molecule has 0 saturated carbocycles. The summed E-state index contributed by atoms with van der Waals surface area (Å²) >= 11 is 6.22. The van der Waals surface area contributed by atoms with Gasteiger partial charge in [-0.15, -0.1) is 0 Å². The number of nitrogens with one attached hydrogen (secondary N) is 1. The van der Waals surface area contributed by atoms with E-state index >= 15 is 0 Å². The van der Waals surface area contributed by atoms with E-state index in [-0.39, 0.29) is 0 Å². The van der Waals surface area contributed by atoms with Crippen LogP contribution in [0.5, 0.6) is 11.5 Å². The molecule has 124 valence electrons. The molecule has 0 aromatic heterocycles. The maximum absolute atomic E-state index is 11.7. The molecule has 0 saturated heterocycles. The van der Waals surface area contributed by atoms with Gasteiger partial charge in [-0.1, -0.05) is 35.9 Å². The zero-order valence-electron chi connectivity index (χ0n) is 12.5. The maximum atomic E-state index is 11.7. The summed E-state index contributed by atoms with van der Waals surface area (Å²) < 4.78 is 11.0. The zero-order valence-corrected chi connectivity index (χ0v) is 13.2. The fourth-order valence-electron chi connectivity index (χ4n) is 2.48. The topological polar surface area (TPSA) is 84.9 Å². The predicted octanol–water partition coefficient (Wildman–Crippen LogP) is 2.40. The monoisotopic (exact) mass is 347 g/mol. The molecule has 0 aliphatic carbocycles. The van der Waals surface area contributed by atoms with Crippen LogP contribution in [0, 0.1) is 0 Å². The summed E-state index contributed by atoms with van der Waals surface area (Å²) in [5, 5.41) is 11.8.